The van der Waals surface area contributed by atoms with Crippen molar-refractivity contribution in [1.29, 1.82) is 0 Å². The Morgan fingerprint density at radius 1 is 1.21 bits per heavy atom. The molecule has 2 atom stereocenters. The third kappa shape index (κ3) is 2.59. The second kappa shape index (κ2) is 5.09. The lowest BCUT2D eigenvalue weighted by atomic mass is 9.85. The first kappa shape index (κ1) is 12.9. The molecule has 2 heterocycles. The van der Waals surface area contributed by atoms with Crippen LogP contribution in [0.25, 0.3) is 0 Å². The van der Waals surface area contributed by atoms with E-state index in [0.29, 0.717) is 23.8 Å². The molecule has 0 amide bonds. The molecule has 3 rings (SSSR count). The molecule has 1 N–H and O–H groups in total. The smallest absolute Gasteiger partial charge is 0.166 e. The van der Waals surface area contributed by atoms with Crippen molar-refractivity contribution in [2.75, 3.05) is 0 Å². The predicted octanol–water partition coefficient (Wildman–Crippen LogP) is 3.52. The lowest BCUT2D eigenvalue weighted by molar-refractivity contribution is 0.0875. The second-order valence-electron chi connectivity index (χ2n) is 6.45. The molecule has 102 valence electrons. The predicted molar refractivity (Wildman–Crippen MR) is 77.5 cm³/mol. The molecular formula is C17H23NO. The van der Waals surface area contributed by atoms with Gasteiger partial charge in [0.15, 0.2) is 5.78 Å². The van der Waals surface area contributed by atoms with Gasteiger partial charge in [-0.25, -0.2) is 0 Å². The van der Waals surface area contributed by atoms with Crippen molar-refractivity contribution in [1.82, 2.24) is 5.32 Å². The van der Waals surface area contributed by atoms with Crippen molar-refractivity contribution in [3.05, 3.63) is 35.4 Å². The van der Waals surface area contributed by atoms with E-state index in [4.69, 9.17) is 0 Å². The zero-order valence-corrected chi connectivity index (χ0v) is 11.9. The van der Waals surface area contributed by atoms with E-state index in [2.05, 4.69) is 31.3 Å². The lowest BCUT2D eigenvalue weighted by Gasteiger charge is -2.28. The topological polar surface area (TPSA) is 29.1 Å². The number of ketones is 1. The molecule has 2 fully saturated rings. The van der Waals surface area contributed by atoms with Gasteiger partial charge in [-0.15, -0.1) is 0 Å². The zero-order chi connectivity index (χ0) is 13.4. The number of benzene rings is 1. The fourth-order valence-electron chi connectivity index (χ4n) is 3.56. The van der Waals surface area contributed by atoms with E-state index in [0.717, 1.165) is 18.4 Å². The van der Waals surface area contributed by atoms with E-state index in [1.807, 2.05) is 12.1 Å². The Labute approximate surface area is 115 Å². The van der Waals surface area contributed by atoms with Gasteiger partial charge < -0.3 is 5.32 Å². The third-order valence-electron chi connectivity index (χ3n) is 4.68. The summed E-state index contributed by atoms with van der Waals surface area (Å²) in [4.78, 5) is 12.7. The van der Waals surface area contributed by atoms with E-state index >= 15 is 0 Å². The summed E-state index contributed by atoms with van der Waals surface area (Å²) >= 11 is 0. The number of fused-ring (bicyclic) bond motifs is 2. The number of Topliss-reactive ketones (excluding diaryl/α,β-unsaturated/α-hetero) is 1. The van der Waals surface area contributed by atoms with Crippen LogP contribution in [-0.2, 0) is 0 Å². The molecule has 2 aliphatic heterocycles. The van der Waals surface area contributed by atoms with Gasteiger partial charge in [-0.05, 0) is 43.2 Å². The van der Waals surface area contributed by atoms with Gasteiger partial charge in [0, 0.05) is 23.6 Å². The second-order valence-corrected chi connectivity index (χ2v) is 6.45. The molecule has 2 aliphatic rings. The first-order valence-corrected chi connectivity index (χ1v) is 7.53. The Morgan fingerprint density at radius 3 is 2.53 bits per heavy atom. The van der Waals surface area contributed by atoms with Crippen LogP contribution in [0, 0.1) is 5.92 Å². The van der Waals surface area contributed by atoms with Crippen molar-refractivity contribution < 1.29 is 4.79 Å². The highest BCUT2D eigenvalue weighted by molar-refractivity contribution is 5.98. The molecule has 0 aromatic heterocycles. The highest BCUT2D eigenvalue weighted by Crippen LogP contribution is 2.33. The van der Waals surface area contributed by atoms with Crippen LogP contribution in [0.4, 0.5) is 0 Å². The maximum Gasteiger partial charge on any atom is 0.166 e. The number of carbonyl (C=O) groups excluding carboxylic acids is 1. The van der Waals surface area contributed by atoms with Gasteiger partial charge in [-0.1, -0.05) is 32.0 Å². The molecule has 2 unspecified atom stereocenters. The Bertz CT molecular complexity index is 468. The molecule has 2 bridgehead atoms. The SMILES string of the molecule is CC(C)c1cccc(C(=O)C2CC3CCC(C2)N3)c1. The largest absolute Gasteiger partial charge is 0.311 e. The Hall–Kier alpha value is -1.15. The molecular weight excluding hydrogens is 234 g/mol. The maximum absolute atomic E-state index is 12.7. The standard InChI is InChI=1S/C17H23NO/c1-11(2)12-4-3-5-13(8-12)17(19)14-9-15-6-7-16(10-14)18-15/h3-5,8,11,14-16,18H,6-7,9-10H2,1-2H3. The monoisotopic (exact) mass is 257 g/mol. The van der Waals surface area contributed by atoms with Gasteiger partial charge in [0.2, 0.25) is 0 Å². The molecule has 19 heavy (non-hydrogen) atoms. The maximum atomic E-state index is 12.7. The number of nitrogens with one attached hydrogen (secondary N) is 1. The summed E-state index contributed by atoms with van der Waals surface area (Å²) in [5, 5.41) is 3.60. The molecule has 0 aliphatic carbocycles. The van der Waals surface area contributed by atoms with Crippen molar-refractivity contribution in [2.45, 2.75) is 57.5 Å². The highest BCUT2D eigenvalue weighted by atomic mass is 16.1. The zero-order valence-electron chi connectivity index (χ0n) is 11.9. The number of rotatable bonds is 3. The van der Waals surface area contributed by atoms with Crippen LogP contribution in [-0.4, -0.2) is 17.9 Å². The summed E-state index contributed by atoms with van der Waals surface area (Å²) in [6.07, 6.45) is 4.56. The van der Waals surface area contributed by atoms with Crippen LogP contribution < -0.4 is 5.32 Å². The summed E-state index contributed by atoms with van der Waals surface area (Å²) in [6, 6.07) is 9.39. The Morgan fingerprint density at radius 2 is 1.89 bits per heavy atom. The van der Waals surface area contributed by atoms with Crippen molar-refractivity contribution in [2.24, 2.45) is 5.92 Å². The van der Waals surface area contributed by atoms with Crippen LogP contribution in [0.5, 0.6) is 0 Å². The Kier molecular flexibility index (Phi) is 3.44. The summed E-state index contributed by atoms with van der Waals surface area (Å²) in [5.74, 6) is 1.08. The number of piperidine rings is 1. The highest BCUT2D eigenvalue weighted by Gasteiger charge is 2.36. The van der Waals surface area contributed by atoms with Gasteiger partial charge in [0.1, 0.15) is 0 Å². The minimum absolute atomic E-state index is 0.237. The third-order valence-corrected chi connectivity index (χ3v) is 4.68. The minimum Gasteiger partial charge on any atom is -0.311 e. The Balaban J connectivity index is 1.78. The average Bonchev–Trinajstić information content (AvgIpc) is 2.76. The van der Waals surface area contributed by atoms with Gasteiger partial charge >= 0.3 is 0 Å². The van der Waals surface area contributed by atoms with Gasteiger partial charge in [-0.3, -0.25) is 4.79 Å². The summed E-state index contributed by atoms with van der Waals surface area (Å²) in [6.45, 7) is 4.35. The van der Waals surface area contributed by atoms with Gasteiger partial charge in [0.25, 0.3) is 0 Å². The average molecular weight is 257 g/mol. The molecule has 0 saturated carbocycles. The normalized spacial score (nSPS) is 29.7. The molecule has 1 aromatic rings. The number of carbonyl (C=O) groups is 1. The molecule has 2 heteroatoms. The van der Waals surface area contributed by atoms with Crippen LogP contribution >= 0.6 is 0 Å². The molecule has 2 nitrogen and oxygen atoms in total. The number of hydrogen-bond acceptors (Lipinski definition) is 2. The molecule has 0 radical (unpaired) electrons. The van der Waals surface area contributed by atoms with Crippen LogP contribution in [0.1, 0.15) is 61.4 Å². The van der Waals surface area contributed by atoms with E-state index in [1.54, 1.807) is 0 Å². The molecule has 0 spiro atoms. The first-order valence-electron chi connectivity index (χ1n) is 7.53. The van der Waals surface area contributed by atoms with Crippen LogP contribution in [0.15, 0.2) is 24.3 Å². The van der Waals surface area contributed by atoms with E-state index in [9.17, 15) is 4.79 Å². The number of hydrogen-bond donors (Lipinski definition) is 1. The van der Waals surface area contributed by atoms with E-state index in [-0.39, 0.29) is 5.92 Å². The van der Waals surface area contributed by atoms with Crippen molar-refractivity contribution >= 4 is 5.78 Å². The summed E-state index contributed by atoms with van der Waals surface area (Å²) < 4.78 is 0. The lowest BCUT2D eigenvalue weighted by Crippen LogP contribution is -2.40. The fourth-order valence-corrected chi connectivity index (χ4v) is 3.56. The van der Waals surface area contributed by atoms with Crippen molar-refractivity contribution in [3.63, 3.8) is 0 Å². The quantitative estimate of drug-likeness (QED) is 0.839. The van der Waals surface area contributed by atoms with Gasteiger partial charge in [-0.2, -0.15) is 0 Å². The van der Waals surface area contributed by atoms with Crippen LogP contribution in [0.3, 0.4) is 0 Å². The van der Waals surface area contributed by atoms with E-state index < -0.39 is 0 Å². The minimum atomic E-state index is 0.237. The molecule has 2 saturated heterocycles. The molecule has 1 aromatic carbocycles. The van der Waals surface area contributed by atoms with E-state index in [1.165, 1.54) is 18.4 Å². The summed E-state index contributed by atoms with van der Waals surface area (Å²) in [7, 11) is 0. The summed E-state index contributed by atoms with van der Waals surface area (Å²) in [5.41, 5.74) is 2.18. The first-order chi connectivity index (χ1) is 9.13. The fraction of sp³-hybridized carbons (Fsp3) is 0.588. The van der Waals surface area contributed by atoms with Crippen molar-refractivity contribution in [3.8, 4) is 0 Å². The van der Waals surface area contributed by atoms with Gasteiger partial charge in [0.05, 0.1) is 0 Å². The van der Waals surface area contributed by atoms with Crippen LogP contribution in [0.2, 0.25) is 0 Å².